The van der Waals surface area contributed by atoms with Crippen LogP contribution in [0, 0.1) is 45.3 Å². The van der Waals surface area contributed by atoms with Gasteiger partial charge >= 0.3 is 5.97 Å². The fraction of sp³-hybridized carbons (Fsp3) is 0.906. The van der Waals surface area contributed by atoms with Crippen molar-refractivity contribution in [3.8, 4) is 0 Å². The second-order valence-electron chi connectivity index (χ2n) is 14.6. The average Bonchev–Trinajstić information content (AvgIpc) is 3.01. The van der Waals surface area contributed by atoms with Gasteiger partial charge in [-0.05, 0) is 91.3 Å². The van der Waals surface area contributed by atoms with Crippen LogP contribution in [0.5, 0.6) is 0 Å². The van der Waals surface area contributed by atoms with Crippen LogP contribution < -0.4 is 0 Å². The zero-order valence-corrected chi connectivity index (χ0v) is 24.0. The first kappa shape index (κ1) is 26.3. The molecule has 2 heteroatoms. The predicted molar refractivity (Wildman–Crippen MR) is 142 cm³/mol. The predicted octanol–water partition coefficient (Wildman–Crippen LogP) is 9.13. The van der Waals surface area contributed by atoms with Crippen molar-refractivity contribution in [3.63, 3.8) is 0 Å². The number of carbonyl (C=O) groups excluding carboxylic acids is 1. The van der Waals surface area contributed by atoms with Gasteiger partial charge in [-0.25, -0.2) is 0 Å². The highest BCUT2D eigenvalue weighted by molar-refractivity contribution is 5.66. The molecule has 0 bridgehead atoms. The minimum atomic E-state index is -0.113. The molecule has 0 aromatic rings. The van der Waals surface area contributed by atoms with Gasteiger partial charge in [0, 0.05) is 12.3 Å². The van der Waals surface area contributed by atoms with Gasteiger partial charge in [-0.1, -0.05) is 85.8 Å². The Morgan fingerprint density at radius 1 is 0.912 bits per heavy atom. The van der Waals surface area contributed by atoms with Crippen molar-refractivity contribution >= 4 is 5.97 Å². The molecule has 0 unspecified atom stereocenters. The van der Waals surface area contributed by atoms with Gasteiger partial charge in [0.15, 0.2) is 0 Å². The molecule has 7 atom stereocenters. The number of ether oxygens (including phenoxy) is 1. The highest BCUT2D eigenvalue weighted by Crippen LogP contribution is 2.72. The zero-order valence-electron chi connectivity index (χ0n) is 24.0. The maximum atomic E-state index is 11.8. The largest absolute Gasteiger partial charge is 0.462 e. The standard InChI is InChI=1S/C32H54O2/c1-21(2)11-10-12-22(3)24-15-19-32(9)26-13-14-27-29(5,6)28(34-23(4)33)17-18-30(27,7)25(26)16-20-31(24,32)8/h21-22,24,27-28H,10-20H2,1-9H3/t22-,24-,27+,28-,30+,31+,32-/m0/s1. The van der Waals surface area contributed by atoms with Crippen molar-refractivity contribution in [3.05, 3.63) is 11.1 Å². The Morgan fingerprint density at radius 2 is 1.62 bits per heavy atom. The Bertz CT molecular complexity index is 821. The first-order valence-corrected chi connectivity index (χ1v) is 14.7. The van der Waals surface area contributed by atoms with Crippen LogP contribution in [0.1, 0.15) is 133 Å². The molecular formula is C32H54O2. The third kappa shape index (κ3) is 3.92. The van der Waals surface area contributed by atoms with E-state index >= 15 is 0 Å². The highest BCUT2D eigenvalue weighted by Gasteiger charge is 2.63. The van der Waals surface area contributed by atoms with Crippen LogP contribution in [0.25, 0.3) is 0 Å². The van der Waals surface area contributed by atoms with Crippen LogP contribution in [0.3, 0.4) is 0 Å². The lowest BCUT2D eigenvalue weighted by Gasteiger charge is -2.62. The molecule has 0 aromatic carbocycles. The molecule has 0 radical (unpaired) electrons. The summed E-state index contributed by atoms with van der Waals surface area (Å²) in [5.41, 5.74) is 4.87. The van der Waals surface area contributed by atoms with Crippen LogP contribution in [-0.2, 0) is 9.53 Å². The molecule has 0 amide bonds. The van der Waals surface area contributed by atoms with Gasteiger partial charge in [0.05, 0.1) is 0 Å². The molecule has 0 aliphatic heterocycles. The second kappa shape index (κ2) is 8.95. The van der Waals surface area contributed by atoms with Crippen LogP contribution in [0.2, 0.25) is 0 Å². The number of carbonyl (C=O) groups is 1. The average molecular weight is 471 g/mol. The van der Waals surface area contributed by atoms with Gasteiger partial charge < -0.3 is 4.74 Å². The van der Waals surface area contributed by atoms with Gasteiger partial charge in [0.1, 0.15) is 6.10 Å². The van der Waals surface area contributed by atoms with Crippen LogP contribution in [0.4, 0.5) is 0 Å². The summed E-state index contributed by atoms with van der Waals surface area (Å²) < 4.78 is 5.87. The Hall–Kier alpha value is -0.790. The van der Waals surface area contributed by atoms with E-state index < -0.39 is 0 Å². The molecule has 4 aliphatic rings. The number of hydrogen-bond donors (Lipinski definition) is 0. The Kier molecular flexibility index (Phi) is 6.92. The van der Waals surface area contributed by atoms with Gasteiger partial charge in [0.25, 0.3) is 0 Å². The summed E-state index contributed by atoms with van der Waals surface area (Å²) in [7, 11) is 0. The fourth-order valence-electron chi connectivity index (χ4n) is 10.1. The Morgan fingerprint density at radius 3 is 2.26 bits per heavy atom. The van der Waals surface area contributed by atoms with Crippen molar-refractivity contribution in [1.82, 2.24) is 0 Å². The van der Waals surface area contributed by atoms with Crippen molar-refractivity contribution in [1.29, 1.82) is 0 Å². The zero-order chi connectivity index (χ0) is 25.1. The van der Waals surface area contributed by atoms with E-state index in [2.05, 4.69) is 55.4 Å². The first-order chi connectivity index (χ1) is 15.8. The summed E-state index contributed by atoms with van der Waals surface area (Å²) in [5.74, 6) is 3.04. The van der Waals surface area contributed by atoms with Gasteiger partial charge in [-0.2, -0.15) is 0 Å². The molecule has 2 nitrogen and oxygen atoms in total. The summed E-state index contributed by atoms with van der Waals surface area (Å²) in [6.45, 7) is 21.6. The summed E-state index contributed by atoms with van der Waals surface area (Å²) in [4.78, 5) is 11.8. The lowest BCUT2D eigenvalue weighted by molar-refractivity contribution is -0.167. The van der Waals surface area contributed by atoms with E-state index in [1.807, 2.05) is 11.1 Å². The number of allylic oxidation sites excluding steroid dienone is 2. The van der Waals surface area contributed by atoms with Crippen LogP contribution in [0.15, 0.2) is 11.1 Å². The SMILES string of the molecule is CC(=O)O[C@H]1CC[C@]2(C)C3=C(CC[C@@H]2C1(C)C)[C@]1(C)CC[C@@H]([C@@H](C)CCCC(C)C)[C@@]1(C)CC3. The molecule has 194 valence electrons. The van der Waals surface area contributed by atoms with E-state index in [1.54, 1.807) is 6.92 Å². The third-order valence-corrected chi connectivity index (χ3v) is 12.2. The van der Waals surface area contributed by atoms with Crippen molar-refractivity contribution in [2.45, 2.75) is 139 Å². The molecule has 0 heterocycles. The molecule has 2 fully saturated rings. The second-order valence-corrected chi connectivity index (χ2v) is 14.6. The molecule has 0 saturated heterocycles. The molecule has 0 N–H and O–H groups in total. The van der Waals surface area contributed by atoms with E-state index in [4.69, 9.17) is 4.74 Å². The molecule has 4 rings (SSSR count). The van der Waals surface area contributed by atoms with Crippen molar-refractivity contribution < 1.29 is 9.53 Å². The van der Waals surface area contributed by atoms with E-state index in [0.29, 0.717) is 16.7 Å². The number of esters is 1. The Balaban J connectivity index is 1.61. The van der Waals surface area contributed by atoms with Crippen LogP contribution in [-0.4, -0.2) is 12.1 Å². The summed E-state index contributed by atoms with van der Waals surface area (Å²) in [6, 6.07) is 0. The monoisotopic (exact) mass is 470 g/mol. The molecule has 2 saturated carbocycles. The smallest absolute Gasteiger partial charge is 0.302 e. The molecular weight excluding hydrogens is 416 g/mol. The highest BCUT2D eigenvalue weighted by atomic mass is 16.5. The third-order valence-electron chi connectivity index (χ3n) is 12.2. The lowest BCUT2D eigenvalue weighted by Crippen LogP contribution is -2.55. The lowest BCUT2D eigenvalue weighted by atomic mass is 9.43. The molecule has 34 heavy (non-hydrogen) atoms. The molecule has 4 aliphatic carbocycles. The topological polar surface area (TPSA) is 26.3 Å². The van der Waals surface area contributed by atoms with E-state index in [9.17, 15) is 4.79 Å². The summed E-state index contributed by atoms with van der Waals surface area (Å²) >= 11 is 0. The fourth-order valence-corrected chi connectivity index (χ4v) is 10.1. The number of rotatable bonds is 6. The van der Waals surface area contributed by atoms with Gasteiger partial charge in [0.2, 0.25) is 0 Å². The van der Waals surface area contributed by atoms with Crippen LogP contribution >= 0.6 is 0 Å². The van der Waals surface area contributed by atoms with E-state index in [1.165, 1.54) is 64.2 Å². The van der Waals surface area contributed by atoms with Crippen molar-refractivity contribution in [2.24, 2.45) is 45.3 Å². The van der Waals surface area contributed by atoms with E-state index in [-0.39, 0.29) is 22.9 Å². The normalized spacial score (nSPS) is 42.1. The first-order valence-electron chi connectivity index (χ1n) is 14.7. The maximum Gasteiger partial charge on any atom is 0.302 e. The van der Waals surface area contributed by atoms with Crippen molar-refractivity contribution in [2.75, 3.05) is 0 Å². The van der Waals surface area contributed by atoms with E-state index in [0.717, 1.165) is 24.2 Å². The Labute approximate surface area is 211 Å². The number of fused-ring (bicyclic) bond motifs is 4. The number of hydrogen-bond acceptors (Lipinski definition) is 2. The summed E-state index contributed by atoms with van der Waals surface area (Å²) in [6.07, 6.45) is 14.5. The molecule has 0 aromatic heterocycles. The minimum absolute atomic E-state index is 0.0436. The molecule has 0 spiro atoms. The maximum absolute atomic E-state index is 11.8. The minimum Gasteiger partial charge on any atom is -0.462 e. The van der Waals surface area contributed by atoms with Gasteiger partial charge in [-0.15, -0.1) is 0 Å². The quantitative estimate of drug-likeness (QED) is 0.286. The summed E-state index contributed by atoms with van der Waals surface area (Å²) in [5, 5.41) is 0. The van der Waals surface area contributed by atoms with Gasteiger partial charge in [-0.3, -0.25) is 4.79 Å².